The molecule has 0 amide bonds. The Morgan fingerprint density at radius 3 is 3.06 bits per heavy atom. The molecule has 0 aliphatic carbocycles. The molecule has 0 radical (unpaired) electrons. The Balaban J connectivity index is 2.15. The molecule has 1 aliphatic heterocycles. The first-order valence-corrected chi connectivity index (χ1v) is 6.59. The number of benzene rings is 1. The standard InChI is InChI=1S/C14H21FN2O/c1-2-18-13-4-3-7-17(10-13)14-6-5-12(15)8-11(14)9-16/h5-6,8,13H,2-4,7,9-10,16H2,1H3. The van der Waals surface area contributed by atoms with E-state index in [0.717, 1.165) is 43.8 Å². The van der Waals surface area contributed by atoms with E-state index in [1.54, 1.807) is 0 Å². The minimum atomic E-state index is -0.224. The van der Waals surface area contributed by atoms with Crippen molar-refractivity contribution in [1.82, 2.24) is 0 Å². The summed E-state index contributed by atoms with van der Waals surface area (Å²) in [6.45, 7) is 4.98. The zero-order valence-corrected chi connectivity index (χ0v) is 10.9. The quantitative estimate of drug-likeness (QED) is 0.893. The van der Waals surface area contributed by atoms with Crippen molar-refractivity contribution in [2.24, 2.45) is 5.73 Å². The van der Waals surface area contributed by atoms with E-state index in [2.05, 4.69) is 4.90 Å². The largest absolute Gasteiger partial charge is 0.377 e. The SMILES string of the molecule is CCOC1CCCN(c2ccc(F)cc2CN)C1. The smallest absolute Gasteiger partial charge is 0.123 e. The van der Waals surface area contributed by atoms with Crippen LogP contribution in [0.3, 0.4) is 0 Å². The van der Waals surface area contributed by atoms with Gasteiger partial charge in [-0.3, -0.25) is 0 Å². The van der Waals surface area contributed by atoms with E-state index in [-0.39, 0.29) is 11.9 Å². The van der Waals surface area contributed by atoms with Crippen molar-refractivity contribution in [3.8, 4) is 0 Å². The van der Waals surface area contributed by atoms with Gasteiger partial charge < -0.3 is 15.4 Å². The fourth-order valence-corrected chi connectivity index (χ4v) is 2.55. The highest BCUT2D eigenvalue weighted by molar-refractivity contribution is 5.54. The monoisotopic (exact) mass is 252 g/mol. The maximum Gasteiger partial charge on any atom is 0.123 e. The Kier molecular flexibility index (Phi) is 4.55. The van der Waals surface area contributed by atoms with Crippen LogP contribution in [-0.2, 0) is 11.3 Å². The molecule has 18 heavy (non-hydrogen) atoms. The number of ether oxygens (including phenoxy) is 1. The highest BCUT2D eigenvalue weighted by Crippen LogP contribution is 2.25. The summed E-state index contributed by atoms with van der Waals surface area (Å²) >= 11 is 0. The van der Waals surface area contributed by atoms with E-state index in [9.17, 15) is 4.39 Å². The number of nitrogens with zero attached hydrogens (tertiary/aromatic N) is 1. The van der Waals surface area contributed by atoms with Gasteiger partial charge >= 0.3 is 0 Å². The average Bonchev–Trinajstić information content (AvgIpc) is 2.39. The molecule has 1 unspecified atom stereocenters. The van der Waals surface area contributed by atoms with Crippen LogP contribution in [-0.4, -0.2) is 25.8 Å². The third kappa shape index (κ3) is 3.00. The molecule has 1 aromatic rings. The van der Waals surface area contributed by atoms with Crippen molar-refractivity contribution in [1.29, 1.82) is 0 Å². The molecule has 1 fully saturated rings. The summed E-state index contributed by atoms with van der Waals surface area (Å²) in [5.41, 5.74) is 7.61. The fourth-order valence-electron chi connectivity index (χ4n) is 2.55. The molecule has 1 aliphatic rings. The van der Waals surface area contributed by atoms with Gasteiger partial charge in [0.2, 0.25) is 0 Å². The summed E-state index contributed by atoms with van der Waals surface area (Å²) in [6, 6.07) is 4.85. The van der Waals surface area contributed by atoms with Gasteiger partial charge in [0.15, 0.2) is 0 Å². The summed E-state index contributed by atoms with van der Waals surface area (Å²) in [4.78, 5) is 2.26. The minimum Gasteiger partial charge on any atom is -0.377 e. The van der Waals surface area contributed by atoms with Gasteiger partial charge in [0.05, 0.1) is 6.10 Å². The Hall–Kier alpha value is -1.13. The van der Waals surface area contributed by atoms with Crippen LogP contribution in [0.15, 0.2) is 18.2 Å². The lowest BCUT2D eigenvalue weighted by molar-refractivity contribution is 0.0526. The van der Waals surface area contributed by atoms with E-state index in [1.165, 1.54) is 12.1 Å². The predicted octanol–water partition coefficient (Wildman–Crippen LogP) is 2.29. The van der Waals surface area contributed by atoms with Crippen molar-refractivity contribution >= 4 is 5.69 Å². The second-order valence-corrected chi connectivity index (χ2v) is 4.64. The Labute approximate surface area is 108 Å². The van der Waals surface area contributed by atoms with Crippen molar-refractivity contribution < 1.29 is 9.13 Å². The van der Waals surface area contributed by atoms with Gasteiger partial charge in [-0.05, 0) is 43.5 Å². The number of nitrogens with two attached hydrogens (primary N) is 1. The van der Waals surface area contributed by atoms with Gasteiger partial charge in [-0.25, -0.2) is 4.39 Å². The van der Waals surface area contributed by atoms with Gasteiger partial charge in [0, 0.05) is 31.9 Å². The molecule has 1 aromatic carbocycles. The molecule has 1 saturated heterocycles. The van der Waals surface area contributed by atoms with Gasteiger partial charge in [-0.2, -0.15) is 0 Å². The van der Waals surface area contributed by atoms with E-state index < -0.39 is 0 Å². The average molecular weight is 252 g/mol. The maximum atomic E-state index is 13.2. The van der Waals surface area contributed by atoms with Gasteiger partial charge in [0.25, 0.3) is 0 Å². The number of anilines is 1. The maximum absolute atomic E-state index is 13.2. The van der Waals surface area contributed by atoms with E-state index in [0.29, 0.717) is 6.54 Å². The second-order valence-electron chi connectivity index (χ2n) is 4.64. The minimum absolute atomic E-state index is 0.224. The van der Waals surface area contributed by atoms with E-state index in [1.807, 2.05) is 13.0 Å². The van der Waals surface area contributed by atoms with Crippen LogP contribution >= 0.6 is 0 Å². The first kappa shape index (κ1) is 13.3. The molecule has 0 aromatic heterocycles. The van der Waals surface area contributed by atoms with Crippen LogP contribution < -0.4 is 10.6 Å². The highest BCUT2D eigenvalue weighted by atomic mass is 19.1. The molecule has 3 nitrogen and oxygen atoms in total. The van der Waals surface area contributed by atoms with Crippen molar-refractivity contribution in [3.63, 3.8) is 0 Å². The van der Waals surface area contributed by atoms with Gasteiger partial charge in [-0.15, -0.1) is 0 Å². The number of hydrogen-bond acceptors (Lipinski definition) is 3. The van der Waals surface area contributed by atoms with Gasteiger partial charge in [-0.1, -0.05) is 0 Å². The van der Waals surface area contributed by atoms with Gasteiger partial charge in [0.1, 0.15) is 5.82 Å². The lowest BCUT2D eigenvalue weighted by Crippen LogP contribution is -2.40. The van der Waals surface area contributed by atoms with E-state index in [4.69, 9.17) is 10.5 Å². The summed E-state index contributed by atoms with van der Waals surface area (Å²) in [7, 11) is 0. The number of piperidine rings is 1. The van der Waals surface area contributed by atoms with Crippen molar-refractivity contribution in [2.45, 2.75) is 32.4 Å². The second kappa shape index (κ2) is 6.16. The zero-order valence-electron chi connectivity index (χ0n) is 10.9. The van der Waals surface area contributed by atoms with Crippen LogP contribution in [0.25, 0.3) is 0 Å². The molecule has 0 bridgehead atoms. The Morgan fingerprint density at radius 2 is 2.33 bits per heavy atom. The highest BCUT2D eigenvalue weighted by Gasteiger charge is 2.21. The molecule has 0 saturated carbocycles. The topological polar surface area (TPSA) is 38.5 Å². The number of halogens is 1. The molecule has 1 atom stereocenters. The molecule has 1 heterocycles. The van der Waals surface area contributed by atoms with Crippen LogP contribution in [0.4, 0.5) is 10.1 Å². The summed E-state index contributed by atoms with van der Waals surface area (Å²) < 4.78 is 18.9. The third-order valence-corrected chi connectivity index (χ3v) is 3.38. The van der Waals surface area contributed by atoms with Crippen molar-refractivity contribution in [3.05, 3.63) is 29.6 Å². The fraction of sp³-hybridized carbons (Fsp3) is 0.571. The molecular weight excluding hydrogens is 231 g/mol. The Bertz CT molecular complexity index is 395. The molecule has 0 spiro atoms. The first-order chi connectivity index (χ1) is 8.74. The lowest BCUT2D eigenvalue weighted by Gasteiger charge is -2.35. The first-order valence-electron chi connectivity index (χ1n) is 6.59. The summed E-state index contributed by atoms with van der Waals surface area (Å²) in [5, 5.41) is 0. The van der Waals surface area contributed by atoms with Crippen LogP contribution in [0.1, 0.15) is 25.3 Å². The molecule has 4 heteroatoms. The molecule has 2 N–H and O–H groups in total. The molecule has 2 rings (SSSR count). The molecule has 100 valence electrons. The lowest BCUT2D eigenvalue weighted by atomic mass is 10.0. The summed E-state index contributed by atoms with van der Waals surface area (Å²) in [5.74, 6) is -0.224. The van der Waals surface area contributed by atoms with Crippen LogP contribution in [0, 0.1) is 5.82 Å². The third-order valence-electron chi connectivity index (χ3n) is 3.38. The van der Waals surface area contributed by atoms with E-state index >= 15 is 0 Å². The van der Waals surface area contributed by atoms with Crippen LogP contribution in [0.5, 0.6) is 0 Å². The summed E-state index contributed by atoms with van der Waals surface area (Å²) in [6.07, 6.45) is 2.48. The van der Waals surface area contributed by atoms with Crippen LogP contribution in [0.2, 0.25) is 0 Å². The predicted molar refractivity (Wildman–Crippen MR) is 71.2 cm³/mol. The Morgan fingerprint density at radius 1 is 1.50 bits per heavy atom. The molecular formula is C14H21FN2O. The number of hydrogen-bond donors (Lipinski definition) is 1. The zero-order chi connectivity index (χ0) is 13.0. The normalized spacial score (nSPS) is 20.2. The number of rotatable bonds is 4. The van der Waals surface area contributed by atoms with Crippen molar-refractivity contribution in [2.75, 3.05) is 24.6 Å².